The normalized spacial score (nSPS) is 11.7. The highest BCUT2D eigenvalue weighted by molar-refractivity contribution is 7.18. The number of aryl methyl sites for hydroxylation is 3. The molecule has 0 amide bonds. The Morgan fingerprint density at radius 3 is 2.70 bits per heavy atom. The summed E-state index contributed by atoms with van der Waals surface area (Å²) in [7, 11) is 4.06. The van der Waals surface area contributed by atoms with Crippen LogP contribution in [0.4, 0.5) is 5.82 Å². The van der Waals surface area contributed by atoms with Gasteiger partial charge in [0.05, 0.1) is 5.39 Å². The van der Waals surface area contributed by atoms with E-state index in [1.165, 1.54) is 10.4 Å². The molecular weight excluding hydrogens is 272 g/mol. The standard InChI is InChI=1S/C14H22N4OS/c1-5-10-9(2)20-13-11(10)12(15)16-14(19)18(13)8-6-7-17(3)4/h5-8H2,1-4H3,(H2,15,16,19). The maximum absolute atomic E-state index is 12.1. The highest BCUT2D eigenvalue weighted by Gasteiger charge is 2.16. The Balaban J connectivity index is 2.51. The van der Waals surface area contributed by atoms with Crippen molar-refractivity contribution in [1.29, 1.82) is 0 Å². The summed E-state index contributed by atoms with van der Waals surface area (Å²) >= 11 is 1.65. The Bertz CT molecular complexity index is 672. The van der Waals surface area contributed by atoms with E-state index in [9.17, 15) is 4.79 Å². The van der Waals surface area contributed by atoms with Crippen molar-refractivity contribution in [3.63, 3.8) is 0 Å². The van der Waals surface area contributed by atoms with Gasteiger partial charge in [0.1, 0.15) is 10.6 Å². The van der Waals surface area contributed by atoms with E-state index in [-0.39, 0.29) is 5.69 Å². The molecule has 0 aliphatic rings. The second kappa shape index (κ2) is 5.93. The Hall–Kier alpha value is -1.40. The molecule has 2 aromatic heterocycles. The summed E-state index contributed by atoms with van der Waals surface area (Å²) in [5, 5.41) is 0.972. The average molecular weight is 294 g/mol. The predicted octanol–water partition coefficient (Wildman–Crippen LogP) is 1.86. The van der Waals surface area contributed by atoms with Crippen LogP contribution < -0.4 is 11.4 Å². The molecule has 0 fully saturated rings. The maximum Gasteiger partial charge on any atom is 0.350 e. The molecule has 0 radical (unpaired) electrons. The first-order valence-corrected chi connectivity index (χ1v) is 7.70. The molecule has 5 nitrogen and oxygen atoms in total. The van der Waals surface area contributed by atoms with Crippen LogP contribution in [0, 0.1) is 6.92 Å². The summed E-state index contributed by atoms with van der Waals surface area (Å²) in [4.78, 5) is 20.4. The first kappa shape index (κ1) is 15.0. The lowest BCUT2D eigenvalue weighted by Crippen LogP contribution is -2.25. The van der Waals surface area contributed by atoms with Crippen LogP contribution in [0.25, 0.3) is 10.2 Å². The molecule has 0 saturated carbocycles. The minimum absolute atomic E-state index is 0.238. The van der Waals surface area contributed by atoms with Crippen molar-refractivity contribution in [2.24, 2.45) is 0 Å². The third kappa shape index (κ3) is 2.71. The van der Waals surface area contributed by atoms with Crippen LogP contribution in [-0.2, 0) is 13.0 Å². The van der Waals surface area contributed by atoms with Crippen LogP contribution in [0.1, 0.15) is 23.8 Å². The molecule has 0 atom stereocenters. The second-order valence-electron chi connectivity index (χ2n) is 5.26. The Labute approximate surface area is 123 Å². The van der Waals surface area contributed by atoms with Crippen LogP contribution in [0.2, 0.25) is 0 Å². The Kier molecular flexibility index (Phi) is 4.45. The topological polar surface area (TPSA) is 64.1 Å². The van der Waals surface area contributed by atoms with Gasteiger partial charge >= 0.3 is 5.69 Å². The lowest BCUT2D eigenvalue weighted by molar-refractivity contribution is 0.386. The zero-order chi connectivity index (χ0) is 14.9. The van der Waals surface area contributed by atoms with E-state index in [0.29, 0.717) is 12.4 Å². The van der Waals surface area contributed by atoms with Crippen molar-refractivity contribution in [1.82, 2.24) is 14.5 Å². The Morgan fingerprint density at radius 2 is 2.10 bits per heavy atom. The largest absolute Gasteiger partial charge is 0.383 e. The fraction of sp³-hybridized carbons (Fsp3) is 0.571. The van der Waals surface area contributed by atoms with E-state index in [2.05, 4.69) is 23.7 Å². The van der Waals surface area contributed by atoms with Gasteiger partial charge in [0.2, 0.25) is 0 Å². The number of anilines is 1. The molecule has 0 spiro atoms. The van der Waals surface area contributed by atoms with Gasteiger partial charge in [-0.05, 0) is 46.0 Å². The van der Waals surface area contributed by atoms with Crippen molar-refractivity contribution in [3.8, 4) is 0 Å². The second-order valence-corrected chi connectivity index (χ2v) is 6.46. The summed E-state index contributed by atoms with van der Waals surface area (Å²) in [6, 6.07) is 0. The van der Waals surface area contributed by atoms with Gasteiger partial charge in [0.25, 0.3) is 0 Å². The van der Waals surface area contributed by atoms with Crippen molar-refractivity contribution >= 4 is 27.4 Å². The first-order chi connectivity index (χ1) is 9.45. The van der Waals surface area contributed by atoms with Gasteiger partial charge < -0.3 is 10.6 Å². The van der Waals surface area contributed by atoms with Crippen molar-refractivity contribution < 1.29 is 0 Å². The number of nitrogen functional groups attached to an aromatic ring is 1. The quantitative estimate of drug-likeness (QED) is 0.914. The number of nitrogens with zero attached hydrogens (tertiary/aromatic N) is 3. The van der Waals surface area contributed by atoms with E-state index in [1.54, 1.807) is 15.9 Å². The van der Waals surface area contributed by atoms with Gasteiger partial charge in [-0.3, -0.25) is 4.57 Å². The van der Waals surface area contributed by atoms with Gasteiger partial charge in [-0.2, -0.15) is 4.98 Å². The molecule has 110 valence electrons. The highest BCUT2D eigenvalue weighted by Crippen LogP contribution is 2.33. The maximum atomic E-state index is 12.1. The minimum Gasteiger partial charge on any atom is -0.383 e. The zero-order valence-electron chi connectivity index (χ0n) is 12.6. The molecule has 2 rings (SSSR count). The van der Waals surface area contributed by atoms with Gasteiger partial charge in [-0.25, -0.2) is 4.79 Å². The number of hydrogen-bond acceptors (Lipinski definition) is 5. The third-order valence-electron chi connectivity index (χ3n) is 3.48. The number of nitrogens with two attached hydrogens (primary N) is 1. The van der Waals surface area contributed by atoms with Crippen molar-refractivity contribution in [2.75, 3.05) is 26.4 Å². The summed E-state index contributed by atoms with van der Waals surface area (Å²) in [5.74, 6) is 0.370. The van der Waals surface area contributed by atoms with Gasteiger partial charge in [-0.1, -0.05) is 6.92 Å². The van der Waals surface area contributed by atoms with Crippen LogP contribution in [0.15, 0.2) is 4.79 Å². The van der Waals surface area contributed by atoms with Crippen LogP contribution in [-0.4, -0.2) is 35.1 Å². The summed E-state index contributed by atoms with van der Waals surface area (Å²) in [6.45, 7) is 5.82. The van der Waals surface area contributed by atoms with E-state index < -0.39 is 0 Å². The Morgan fingerprint density at radius 1 is 1.40 bits per heavy atom. The SMILES string of the molecule is CCc1c(C)sc2c1c(N)nc(=O)n2CCCN(C)C. The van der Waals surface area contributed by atoms with E-state index in [4.69, 9.17) is 5.73 Å². The summed E-state index contributed by atoms with van der Waals surface area (Å²) < 4.78 is 1.77. The van der Waals surface area contributed by atoms with E-state index in [0.717, 1.165) is 29.6 Å². The monoisotopic (exact) mass is 294 g/mol. The molecule has 0 aromatic carbocycles. The average Bonchev–Trinajstić information content (AvgIpc) is 2.69. The fourth-order valence-corrected chi connectivity index (χ4v) is 3.76. The van der Waals surface area contributed by atoms with Crippen LogP contribution >= 0.6 is 11.3 Å². The van der Waals surface area contributed by atoms with E-state index in [1.807, 2.05) is 14.1 Å². The third-order valence-corrected chi connectivity index (χ3v) is 4.65. The molecule has 0 unspecified atom stereocenters. The molecule has 2 N–H and O–H groups in total. The molecule has 6 heteroatoms. The molecule has 0 aliphatic heterocycles. The number of fused-ring (bicyclic) bond motifs is 1. The molecular formula is C14H22N4OS. The molecule has 2 aromatic rings. The van der Waals surface area contributed by atoms with Gasteiger partial charge in [-0.15, -0.1) is 11.3 Å². The molecule has 2 heterocycles. The molecule has 0 saturated heterocycles. The number of hydrogen-bond donors (Lipinski definition) is 1. The zero-order valence-corrected chi connectivity index (χ0v) is 13.4. The number of thiophene rings is 1. The summed E-state index contributed by atoms with van der Waals surface area (Å²) in [6.07, 6.45) is 1.83. The van der Waals surface area contributed by atoms with Gasteiger partial charge in [0, 0.05) is 11.4 Å². The van der Waals surface area contributed by atoms with E-state index >= 15 is 0 Å². The lowest BCUT2D eigenvalue weighted by atomic mass is 10.1. The smallest absolute Gasteiger partial charge is 0.350 e. The number of aromatic nitrogens is 2. The molecule has 20 heavy (non-hydrogen) atoms. The summed E-state index contributed by atoms with van der Waals surface area (Å²) in [5.41, 5.74) is 6.95. The van der Waals surface area contributed by atoms with Crippen LogP contribution in [0.3, 0.4) is 0 Å². The van der Waals surface area contributed by atoms with Crippen molar-refractivity contribution in [2.45, 2.75) is 33.2 Å². The number of rotatable bonds is 5. The van der Waals surface area contributed by atoms with Crippen molar-refractivity contribution in [3.05, 3.63) is 20.9 Å². The molecule has 0 bridgehead atoms. The molecule has 0 aliphatic carbocycles. The highest BCUT2D eigenvalue weighted by atomic mass is 32.1. The van der Waals surface area contributed by atoms with Crippen LogP contribution in [0.5, 0.6) is 0 Å². The fourth-order valence-electron chi connectivity index (χ4n) is 2.49. The lowest BCUT2D eigenvalue weighted by Gasteiger charge is -2.11. The predicted molar refractivity (Wildman–Crippen MR) is 85.6 cm³/mol. The minimum atomic E-state index is -0.238. The first-order valence-electron chi connectivity index (χ1n) is 6.88. The van der Waals surface area contributed by atoms with Gasteiger partial charge in [0.15, 0.2) is 0 Å².